The molecular formula is C16H25N5O3S. The summed E-state index contributed by atoms with van der Waals surface area (Å²) in [6, 6.07) is 4.05. The van der Waals surface area contributed by atoms with Crippen LogP contribution in [-0.2, 0) is 14.8 Å². The second-order valence-electron chi connectivity index (χ2n) is 6.98. The number of carbonyl (C=O) groups excluding carboxylic acids is 1. The molecule has 0 unspecified atom stereocenters. The number of rotatable bonds is 4. The number of hydrogen-bond donors (Lipinski definition) is 0. The molecule has 2 saturated heterocycles. The lowest BCUT2D eigenvalue weighted by molar-refractivity contribution is -0.138. The van der Waals surface area contributed by atoms with E-state index in [0.717, 1.165) is 24.6 Å². The highest BCUT2D eigenvalue weighted by molar-refractivity contribution is 7.88. The minimum atomic E-state index is -3.16. The Morgan fingerprint density at radius 2 is 1.84 bits per heavy atom. The van der Waals surface area contributed by atoms with Crippen molar-refractivity contribution in [3.8, 4) is 0 Å². The van der Waals surface area contributed by atoms with E-state index in [1.165, 1.54) is 10.6 Å². The lowest BCUT2D eigenvalue weighted by Crippen LogP contribution is -2.61. The SMILES string of the molecule is Cc1ccc(N2CC(N(C)C(=O)C3CCN(S(C)(=O)=O)CC3)C2)nn1. The van der Waals surface area contributed by atoms with Crippen LogP contribution in [-0.4, -0.2) is 79.3 Å². The van der Waals surface area contributed by atoms with Crippen molar-refractivity contribution >= 4 is 21.7 Å². The van der Waals surface area contributed by atoms with Crippen molar-refractivity contribution in [2.75, 3.05) is 44.4 Å². The number of aromatic nitrogens is 2. The standard InChI is InChI=1S/C16H25N5O3S/c1-12-4-5-15(18-17-12)20-10-14(11-20)19(2)16(22)13-6-8-21(9-7-13)25(3,23)24/h4-5,13-14H,6-11H2,1-3H3. The van der Waals surface area contributed by atoms with Crippen molar-refractivity contribution in [2.45, 2.75) is 25.8 Å². The van der Waals surface area contributed by atoms with E-state index in [0.29, 0.717) is 25.9 Å². The Bertz CT molecular complexity index is 723. The summed E-state index contributed by atoms with van der Waals surface area (Å²) in [5, 5.41) is 8.23. The van der Waals surface area contributed by atoms with Gasteiger partial charge in [-0.05, 0) is 31.9 Å². The molecule has 0 bridgehead atoms. The topological polar surface area (TPSA) is 86.7 Å². The highest BCUT2D eigenvalue weighted by atomic mass is 32.2. The van der Waals surface area contributed by atoms with Crippen LogP contribution in [0.4, 0.5) is 5.82 Å². The molecule has 0 radical (unpaired) electrons. The van der Waals surface area contributed by atoms with Crippen LogP contribution < -0.4 is 4.90 Å². The van der Waals surface area contributed by atoms with Gasteiger partial charge in [-0.3, -0.25) is 4.79 Å². The Morgan fingerprint density at radius 3 is 2.36 bits per heavy atom. The van der Waals surface area contributed by atoms with Crippen LogP contribution in [0, 0.1) is 12.8 Å². The van der Waals surface area contributed by atoms with E-state index < -0.39 is 10.0 Å². The number of aryl methyl sites for hydroxylation is 1. The zero-order valence-corrected chi connectivity index (χ0v) is 15.7. The smallest absolute Gasteiger partial charge is 0.225 e. The fourth-order valence-electron chi connectivity index (χ4n) is 3.35. The molecule has 1 amide bonds. The summed E-state index contributed by atoms with van der Waals surface area (Å²) in [6.45, 7) is 4.26. The Labute approximate surface area is 148 Å². The maximum absolute atomic E-state index is 12.7. The number of anilines is 1. The third-order valence-electron chi connectivity index (χ3n) is 5.14. The summed E-state index contributed by atoms with van der Waals surface area (Å²) >= 11 is 0. The quantitative estimate of drug-likeness (QED) is 0.750. The number of nitrogens with zero attached hydrogens (tertiary/aromatic N) is 5. The van der Waals surface area contributed by atoms with Gasteiger partial charge < -0.3 is 9.80 Å². The lowest BCUT2D eigenvalue weighted by Gasteiger charge is -2.45. The lowest BCUT2D eigenvalue weighted by atomic mass is 9.95. The summed E-state index contributed by atoms with van der Waals surface area (Å²) in [6.07, 6.45) is 2.41. The molecule has 3 heterocycles. The average Bonchev–Trinajstić information content (AvgIpc) is 2.54. The van der Waals surface area contributed by atoms with Crippen molar-refractivity contribution in [3.05, 3.63) is 17.8 Å². The molecule has 2 aliphatic heterocycles. The van der Waals surface area contributed by atoms with Crippen molar-refractivity contribution in [3.63, 3.8) is 0 Å². The van der Waals surface area contributed by atoms with Gasteiger partial charge in [-0.15, -0.1) is 5.10 Å². The molecule has 138 valence electrons. The minimum absolute atomic E-state index is 0.0868. The first kappa shape index (κ1) is 18.1. The molecule has 3 rings (SSSR count). The third kappa shape index (κ3) is 3.92. The molecule has 25 heavy (non-hydrogen) atoms. The zero-order chi connectivity index (χ0) is 18.2. The van der Waals surface area contributed by atoms with Crippen LogP contribution >= 0.6 is 0 Å². The van der Waals surface area contributed by atoms with Gasteiger partial charge in [0.25, 0.3) is 0 Å². The van der Waals surface area contributed by atoms with Crippen LogP contribution in [0.1, 0.15) is 18.5 Å². The number of carbonyl (C=O) groups is 1. The van der Waals surface area contributed by atoms with E-state index in [-0.39, 0.29) is 17.9 Å². The van der Waals surface area contributed by atoms with Gasteiger partial charge in [0, 0.05) is 39.1 Å². The minimum Gasteiger partial charge on any atom is -0.351 e. The van der Waals surface area contributed by atoms with Crippen LogP contribution in [0.15, 0.2) is 12.1 Å². The number of hydrogen-bond acceptors (Lipinski definition) is 6. The van der Waals surface area contributed by atoms with E-state index >= 15 is 0 Å². The molecule has 2 fully saturated rings. The normalized spacial score (nSPS) is 20.4. The van der Waals surface area contributed by atoms with Crippen molar-refractivity contribution in [1.82, 2.24) is 19.4 Å². The second-order valence-corrected chi connectivity index (χ2v) is 8.96. The highest BCUT2D eigenvalue weighted by Gasteiger charge is 2.37. The van der Waals surface area contributed by atoms with Gasteiger partial charge in [-0.2, -0.15) is 5.10 Å². The maximum atomic E-state index is 12.7. The Morgan fingerprint density at radius 1 is 1.20 bits per heavy atom. The number of piperidine rings is 1. The first-order valence-electron chi connectivity index (χ1n) is 8.53. The van der Waals surface area contributed by atoms with E-state index in [4.69, 9.17) is 0 Å². The van der Waals surface area contributed by atoms with Gasteiger partial charge in [0.1, 0.15) is 0 Å². The molecule has 2 aliphatic rings. The average molecular weight is 367 g/mol. The van der Waals surface area contributed by atoms with Gasteiger partial charge in [-0.25, -0.2) is 12.7 Å². The molecule has 0 saturated carbocycles. The predicted octanol–water partition coefficient (Wildman–Crippen LogP) is 0.104. The Hall–Kier alpha value is -1.74. The monoisotopic (exact) mass is 367 g/mol. The van der Waals surface area contributed by atoms with E-state index in [1.807, 2.05) is 31.0 Å². The molecule has 0 atom stereocenters. The highest BCUT2D eigenvalue weighted by Crippen LogP contribution is 2.25. The van der Waals surface area contributed by atoms with Gasteiger partial charge in [0.05, 0.1) is 18.0 Å². The summed E-state index contributed by atoms with van der Waals surface area (Å²) in [4.78, 5) is 16.6. The fourth-order valence-corrected chi connectivity index (χ4v) is 4.22. The number of amides is 1. The zero-order valence-electron chi connectivity index (χ0n) is 14.9. The molecule has 9 heteroatoms. The van der Waals surface area contributed by atoms with Gasteiger partial charge in [0.2, 0.25) is 15.9 Å². The molecular weight excluding hydrogens is 342 g/mol. The van der Waals surface area contributed by atoms with Crippen molar-refractivity contribution in [1.29, 1.82) is 0 Å². The fraction of sp³-hybridized carbons (Fsp3) is 0.688. The first-order chi connectivity index (χ1) is 11.8. The van der Waals surface area contributed by atoms with Crippen molar-refractivity contribution < 1.29 is 13.2 Å². The molecule has 1 aromatic heterocycles. The summed E-state index contributed by atoms with van der Waals surface area (Å²) < 4.78 is 24.6. The van der Waals surface area contributed by atoms with Crippen LogP contribution in [0.3, 0.4) is 0 Å². The Balaban J connectivity index is 1.50. The van der Waals surface area contributed by atoms with Crippen molar-refractivity contribution in [2.24, 2.45) is 5.92 Å². The summed E-state index contributed by atoms with van der Waals surface area (Å²) in [5.74, 6) is 0.869. The van der Waals surface area contributed by atoms with Gasteiger partial charge in [0.15, 0.2) is 5.82 Å². The molecule has 8 nitrogen and oxygen atoms in total. The second kappa shape index (κ2) is 6.87. The van der Waals surface area contributed by atoms with E-state index in [9.17, 15) is 13.2 Å². The van der Waals surface area contributed by atoms with Crippen LogP contribution in [0.2, 0.25) is 0 Å². The van der Waals surface area contributed by atoms with Crippen LogP contribution in [0.25, 0.3) is 0 Å². The van der Waals surface area contributed by atoms with Crippen LogP contribution in [0.5, 0.6) is 0 Å². The maximum Gasteiger partial charge on any atom is 0.225 e. The predicted molar refractivity (Wildman–Crippen MR) is 94.7 cm³/mol. The molecule has 0 N–H and O–H groups in total. The molecule has 0 aromatic carbocycles. The summed E-state index contributed by atoms with van der Waals surface area (Å²) in [5.41, 5.74) is 0.883. The van der Waals surface area contributed by atoms with E-state index in [1.54, 1.807) is 0 Å². The van der Waals surface area contributed by atoms with Gasteiger partial charge >= 0.3 is 0 Å². The Kier molecular flexibility index (Phi) is 4.97. The number of likely N-dealkylation sites (N-methyl/N-ethyl adjacent to an activating group) is 1. The molecule has 0 aliphatic carbocycles. The first-order valence-corrected chi connectivity index (χ1v) is 10.4. The molecule has 0 spiro atoms. The van der Waals surface area contributed by atoms with Gasteiger partial charge in [-0.1, -0.05) is 0 Å². The number of sulfonamides is 1. The largest absolute Gasteiger partial charge is 0.351 e. The third-order valence-corrected chi connectivity index (χ3v) is 6.44. The summed E-state index contributed by atoms with van der Waals surface area (Å²) in [7, 11) is -1.32. The molecule has 1 aromatic rings. The van der Waals surface area contributed by atoms with E-state index in [2.05, 4.69) is 15.1 Å².